The molecule has 1 aliphatic heterocycles. The van der Waals surface area contributed by atoms with Gasteiger partial charge in [-0.15, -0.1) is 0 Å². The van der Waals surface area contributed by atoms with E-state index >= 15 is 0 Å². The molecule has 1 unspecified atom stereocenters. The van der Waals surface area contributed by atoms with Gasteiger partial charge in [0.05, 0.1) is 18.5 Å². The highest BCUT2D eigenvalue weighted by Gasteiger charge is 2.23. The summed E-state index contributed by atoms with van der Waals surface area (Å²) in [6, 6.07) is 2.10. The average molecular weight is 292 g/mol. The van der Waals surface area contributed by atoms with Crippen LogP contribution in [0.4, 0.5) is 11.5 Å². The molecular formula is C15H24N4O2. The third-order valence-corrected chi connectivity index (χ3v) is 3.81. The van der Waals surface area contributed by atoms with E-state index in [9.17, 15) is 4.79 Å². The number of nitrogens with zero attached hydrogens (tertiary/aromatic N) is 2. The highest BCUT2D eigenvalue weighted by molar-refractivity contribution is 5.95. The maximum Gasteiger partial charge on any atom is 0.341 e. The van der Waals surface area contributed by atoms with Crippen molar-refractivity contribution < 1.29 is 9.53 Å². The number of rotatable bonds is 6. The third kappa shape index (κ3) is 3.85. The first kappa shape index (κ1) is 15.6. The van der Waals surface area contributed by atoms with Crippen molar-refractivity contribution in [2.45, 2.75) is 32.7 Å². The van der Waals surface area contributed by atoms with Crippen LogP contribution in [0.1, 0.15) is 37.0 Å². The number of ether oxygens (including phenoxy) is 1. The Balaban J connectivity index is 2.07. The quantitative estimate of drug-likeness (QED) is 0.777. The fourth-order valence-corrected chi connectivity index (χ4v) is 2.74. The minimum atomic E-state index is -0.390. The molecule has 1 fully saturated rings. The number of anilines is 2. The van der Waals surface area contributed by atoms with Crippen molar-refractivity contribution in [3.63, 3.8) is 0 Å². The first-order chi connectivity index (χ1) is 10.2. The highest BCUT2D eigenvalue weighted by atomic mass is 16.5. The van der Waals surface area contributed by atoms with Gasteiger partial charge in [0.15, 0.2) is 0 Å². The molecule has 0 aliphatic carbocycles. The zero-order valence-corrected chi connectivity index (χ0v) is 12.8. The summed E-state index contributed by atoms with van der Waals surface area (Å²) in [5, 5.41) is 3.28. The van der Waals surface area contributed by atoms with Gasteiger partial charge >= 0.3 is 5.97 Å². The summed E-state index contributed by atoms with van der Waals surface area (Å²) in [6.45, 7) is 7.25. The molecule has 0 bridgehead atoms. The molecule has 1 atom stereocenters. The summed E-state index contributed by atoms with van der Waals surface area (Å²) in [4.78, 5) is 18.6. The predicted octanol–water partition coefficient (Wildman–Crippen LogP) is 1.74. The summed E-state index contributed by atoms with van der Waals surface area (Å²) in [6.07, 6.45) is 3.95. The second-order valence-corrected chi connectivity index (χ2v) is 5.19. The normalized spacial score (nSPS) is 18.7. The number of aromatic nitrogens is 1. The molecule has 0 radical (unpaired) electrons. The average Bonchev–Trinajstić information content (AvgIpc) is 2.93. The number of nitrogens with one attached hydrogen (secondary N) is 1. The van der Waals surface area contributed by atoms with E-state index in [0.717, 1.165) is 19.6 Å². The van der Waals surface area contributed by atoms with Crippen molar-refractivity contribution in [3.05, 3.63) is 17.8 Å². The second kappa shape index (κ2) is 7.26. The van der Waals surface area contributed by atoms with Gasteiger partial charge in [-0.25, -0.2) is 9.78 Å². The molecule has 116 valence electrons. The number of hydrogen-bond donors (Lipinski definition) is 2. The molecule has 0 amide bonds. The number of carbonyl (C=O) groups excluding carboxylic acids is 1. The Kier molecular flexibility index (Phi) is 5.38. The van der Waals surface area contributed by atoms with Gasteiger partial charge in [-0.3, -0.25) is 4.90 Å². The number of nitrogens with two attached hydrogens (primary N) is 1. The zero-order chi connectivity index (χ0) is 15.2. The number of hydrogen-bond acceptors (Lipinski definition) is 6. The minimum absolute atomic E-state index is 0.333. The molecule has 21 heavy (non-hydrogen) atoms. The molecule has 3 N–H and O–H groups in total. The van der Waals surface area contributed by atoms with Gasteiger partial charge in [0, 0.05) is 12.6 Å². The smallest absolute Gasteiger partial charge is 0.341 e. The van der Waals surface area contributed by atoms with Crippen LogP contribution in [0.25, 0.3) is 0 Å². The Labute approximate surface area is 125 Å². The van der Waals surface area contributed by atoms with Crippen molar-refractivity contribution in [2.75, 3.05) is 37.3 Å². The Hall–Kier alpha value is -1.82. The molecule has 1 aromatic heterocycles. The third-order valence-electron chi connectivity index (χ3n) is 3.81. The van der Waals surface area contributed by atoms with Crippen LogP contribution in [0.5, 0.6) is 0 Å². The van der Waals surface area contributed by atoms with Crippen molar-refractivity contribution in [1.82, 2.24) is 9.88 Å². The summed E-state index contributed by atoms with van der Waals surface area (Å²) in [5.74, 6) is 0.157. The maximum absolute atomic E-state index is 12.0. The molecule has 1 saturated heterocycles. The topological polar surface area (TPSA) is 80.5 Å². The van der Waals surface area contributed by atoms with Gasteiger partial charge in [0.1, 0.15) is 11.4 Å². The zero-order valence-electron chi connectivity index (χ0n) is 12.8. The van der Waals surface area contributed by atoms with E-state index < -0.39 is 5.97 Å². The molecular weight excluding hydrogens is 268 g/mol. The number of pyridine rings is 1. The van der Waals surface area contributed by atoms with E-state index in [4.69, 9.17) is 10.5 Å². The fourth-order valence-electron chi connectivity index (χ4n) is 2.74. The van der Waals surface area contributed by atoms with E-state index in [2.05, 4.69) is 22.1 Å². The van der Waals surface area contributed by atoms with Crippen LogP contribution in [0, 0.1) is 0 Å². The SMILES string of the molecule is CCOC(=O)c1cc(N)cnc1NCC1CCCN1CC. The summed E-state index contributed by atoms with van der Waals surface area (Å²) >= 11 is 0. The lowest BCUT2D eigenvalue weighted by Crippen LogP contribution is -2.35. The molecule has 0 aromatic carbocycles. The van der Waals surface area contributed by atoms with Gasteiger partial charge in [-0.1, -0.05) is 6.92 Å². The first-order valence-corrected chi connectivity index (χ1v) is 7.56. The fraction of sp³-hybridized carbons (Fsp3) is 0.600. The van der Waals surface area contributed by atoms with Crippen LogP contribution in [0.2, 0.25) is 0 Å². The Morgan fingerprint density at radius 2 is 2.38 bits per heavy atom. The Morgan fingerprint density at radius 1 is 1.57 bits per heavy atom. The van der Waals surface area contributed by atoms with Crippen LogP contribution in [0.3, 0.4) is 0 Å². The van der Waals surface area contributed by atoms with Crippen LogP contribution in [-0.2, 0) is 4.74 Å². The van der Waals surface area contributed by atoms with Crippen molar-refractivity contribution >= 4 is 17.5 Å². The van der Waals surface area contributed by atoms with Crippen LogP contribution < -0.4 is 11.1 Å². The second-order valence-electron chi connectivity index (χ2n) is 5.19. The number of nitrogen functional groups attached to an aromatic ring is 1. The Morgan fingerprint density at radius 3 is 3.10 bits per heavy atom. The van der Waals surface area contributed by atoms with E-state index in [1.165, 1.54) is 12.8 Å². The lowest BCUT2D eigenvalue weighted by atomic mass is 10.2. The lowest BCUT2D eigenvalue weighted by molar-refractivity contribution is 0.0527. The number of likely N-dealkylation sites (tertiary alicyclic amines) is 1. The van der Waals surface area contributed by atoms with Gasteiger partial charge in [-0.2, -0.15) is 0 Å². The standard InChI is InChI=1S/C15H24N4O2/c1-3-19-7-5-6-12(19)10-18-14-13(15(20)21-4-2)8-11(16)9-17-14/h8-9,12H,3-7,10,16H2,1-2H3,(H,17,18). The van der Waals surface area contributed by atoms with Crippen molar-refractivity contribution in [2.24, 2.45) is 0 Å². The van der Waals surface area contributed by atoms with Crippen LogP contribution in [0.15, 0.2) is 12.3 Å². The summed E-state index contributed by atoms with van der Waals surface area (Å²) < 4.78 is 5.05. The van der Waals surface area contributed by atoms with Gasteiger partial charge in [0.25, 0.3) is 0 Å². The summed E-state index contributed by atoms with van der Waals surface area (Å²) in [7, 11) is 0. The highest BCUT2D eigenvalue weighted by Crippen LogP contribution is 2.20. The van der Waals surface area contributed by atoms with Crippen LogP contribution >= 0.6 is 0 Å². The largest absolute Gasteiger partial charge is 0.462 e. The van der Waals surface area contributed by atoms with Crippen molar-refractivity contribution in [1.29, 1.82) is 0 Å². The van der Waals surface area contributed by atoms with Gasteiger partial charge in [0.2, 0.25) is 0 Å². The molecule has 2 heterocycles. The summed E-state index contributed by atoms with van der Waals surface area (Å²) in [5.41, 5.74) is 6.58. The van der Waals surface area contributed by atoms with E-state index in [-0.39, 0.29) is 0 Å². The molecule has 1 aliphatic rings. The number of esters is 1. The molecule has 0 spiro atoms. The molecule has 2 rings (SSSR count). The molecule has 6 heteroatoms. The molecule has 6 nitrogen and oxygen atoms in total. The van der Waals surface area contributed by atoms with E-state index in [0.29, 0.717) is 29.7 Å². The monoisotopic (exact) mass is 292 g/mol. The van der Waals surface area contributed by atoms with E-state index in [1.807, 2.05) is 0 Å². The van der Waals surface area contributed by atoms with Gasteiger partial charge < -0.3 is 15.8 Å². The van der Waals surface area contributed by atoms with Crippen molar-refractivity contribution in [3.8, 4) is 0 Å². The first-order valence-electron chi connectivity index (χ1n) is 7.56. The molecule has 0 saturated carbocycles. The number of carbonyl (C=O) groups is 1. The maximum atomic E-state index is 12.0. The molecule has 1 aromatic rings. The van der Waals surface area contributed by atoms with Crippen LogP contribution in [-0.4, -0.2) is 48.1 Å². The number of likely N-dealkylation sites (N-methyl/N-ethyl adjacent to an activating group) is 1. The van der Waals surface area contributed by atoms with Gasteiger partial charge in [-0.05, 0) is 38.9 Å². The van der Waals surface area contributed by atoms with E-state index in [1.54, 1.807) is 19.2 Å². The minimum Gasteiger partial charge on any atom is -0.462 e. The predicted molar refractivity (Wildman–Crippen MR) is 83.4 cm³/mol. The lowest BCUT2D eigenvalue weighted by Gasteiger charge is -2.23. The Bertz CT molecular complexity index is 493.